The van der Waals surface area contributed by atoms with Crippen molar-refractivity contribution in [1.29, 1.82) is 0 Å². The highest BCUT2D eigenvalue weighted by Gasteiger charge is 2.42. The lowest BCUT2D eigenvalue weighted by molar-refractivity contribution is -0.136. The molecule has 22 heavy (non-hydrogen) atoms. The Labute approximate surface area is 130 Å². The fourth-order valence-corrected chi connectivity index (χ4v) is 4.07. The number of nitrogens with zero attached hydrogens (tertiary/aromatic N) is 1. The quantitative estimate of drug-likeness (QED) is 0.841. The van der Waals surface area contributed by atoms with E-state index < -0.39 is 11.8 Å². The fraction of sp³-hybridized carbons (Fsp3) is 0.588. The molecule has 1 aromatic rings. The lowest BCUT2D eigenvalue weighted by Crippen LogP contribution is -2.45. The third kappa shape index (κ3) is 3.13. The van der Waals surface area contributed by atoms with Crippen LogP contribution in [0.1, 0.15) is 38.3 Å². The number of carbonyl (C=O) groups is 2. The summed E-state index contributed by atoms with van der Waals surface area (Å²) in [5, 5.41) is 5.41. The summed E-state index contributed by atoms with van der Waals surface area (Å²) >= 11 is 0. The van der Waals surface area contributed by atoms with Crippen molar-refractivity contribution in [3.05, 3.63) is 23.9 Å². The predicted molar refractivity (Wildman–Crippen MR) is 84.1 cm³/mol. The summed E-state index contributed by atoms with van der Waals surface area (Å²) in [5.41, 5.74) is 0.800. The normalized spacial score (nSPS) is 27.5. The number of aromatic nitrogens is 1. The number of anilines is 1. The number of rotatable bonds is 3. The zero-order valence-electron chi connectivity index (χ0n) is 13.1. The van der Waals surface area contributed by atoms with E-state index in [9.17, 15) is 9.59 Å². The molecule has 2 saturated carbocycles. The highest BCUT2D eigenvalue weighted by Crippen LogP contribution is 2.49. The summed E-state index contributed by atoms with van der Waals surface area (Å²) in [7, 11) is 0. The molecule has 4 atom stereocenters. The first-order valence-electron chi connectivity index (χ1n) is 8.08. The Morgan fingerprint density at radius 3 is 2.68 bits per heavy atom. The highest BCUT2D eigenvalue weighted by molar-refractivity contribution is 6.39. The van der Waals surface area contributed by atoms with Crippen molar-refractivity contribution in [2.45, 2.75) is 45.6 Å². The Morgan fingerprint density at radius 2 is 2.05 bits per heavy atom. The van der Waals surface area contributed by atoms with Crippen molar-refractivity contribution in [3.63, 3.8) is 0 Å². The minimum atomic E-state index is -0.645. The smallest absolute Gasteiger partial charge is 0.314 e. The fourth-order valence-electron chi connectivity index (χ4n) is 4.07. The van der Waals surface area contributed by atoms with Crippen LogP contribution in [0.25, 0.3) is 0 Å². The standard InChI is InChI=1S/C17H23N3O2/c1-10-4-3-5-15(18-10)20-17(22)16(21)19-11(2)14-9-12-6-7-13(14)8-12/h3-5,11-14H,6-9H2,1-2H3,(H,19,21)(H,18,20,22). The summed E-state index contributed by atoms with van der Waals surface area (Å²) < 4.78 is 0. The van der Waals surface area contributed by atoms with E-state index in [4.69, 9.17) is 0 Å². The van der Waals surface area contributed by atoms with Crippen molar-refractivity contribution < 1.29 is 9.59 Å². The SMILES string of the molecule is Cc1cccc(NC(=O)C(=O)NC(C)C2CC3CCC2C3)n1. The molecule has 0 aromatic carbocycles. The molecule has 2 aliphatic rings. The van der Waals surface area contributed by atoms with E-state index in [-0.39, 0.29) is 6.04 Å². The van der Waals surface area contributed by atoms with Crippen LogP contribution in [0.15, 0.2) is 18.2 Å². The lowest BCUT2D eigenvalue weighted by atomic mass is 9.84. The Hall–Kier alpha value is -1.91. The van der Waals surface area contributed by atoms with E-state index in [2.05, 4.69) is 15.6 Å². The van der Waals surface area contributed by atoms with Crippen LogP contribution < -0.4 is 10.6 Å². The summed E-state index contributed by atoms with van der Waals surface area (Å²) in [6.07, 6.45) is 5.09. The van der Waals surface area contributed by atoms with E-state index in [1.54, 1.807) is 12.1 Å². The lowest BCUT2D eigenvalue weighted by Gasteiger charge is -2.28. The van der Waals surface area contributed by atoms with Crippen LogP contribution >= 0.6 is 0 Å². The zero-order valence-corrected chi connectivity index (χ0v) is 13.1. The first-order valence-corrected chi connectivity index (χ1v) is 8.08. The molecule has 2 aliphatic carbocycles. The topological polar surface area (TPSA) is 71.1 Å². The van der Waals surface area contributed by atoms with Crippen LogP contribution in [-0.2, 0) is 9.59 Å². The van der Waals surface area contributed by atoms with Gasteiger partial charge in [-0.1, -0.05) is 12.5 Å². The van der Waals surface area contributed by atoms with Gasteiger partial charge in [-0.25, -0.2) is 4.98 Å². The van der Waals surface area contributed by atoms with Crippen LogP contribution in [-0.4, -0.2) is 22.8 Å². The molecular weight excluding hydrogens is 278 g/mol. The zero-order chi connectivity index (χ0) is 15.7. The van der Waals surface area contributed by atoms with Crippen molar-refractivity contribution in [2.75, 3.05) is 5.32 Å². The second kappa shape index (κ2) is 6.07. The molecule has 118 valence electrons. The molecule has 1 heterocycles. The number of carbonyl (C=O) groups excluding carboxylic acids is 2. The number of hydrogen-bond acceptors (Lipinski definition) is 3. The Bertz CT molecular complexity index is 587. The molecule has 0 spiro atoms. The van der Waals surface area contributed by atoms with Gasteiger partial charge in [0.1, 0.15) is 5.82 Å². The van der Waals surface area contributed by atoms with Crippen LogP contribution in [0.4, 0.5) is 5.82 Å². The van der Waals surface area contributed by atoms with Crippen LogP contribution in [0, 0.1) is 24.7 Å². The number of pyridine rings is 1. The van der Waals surface area contributed by atoms with E-state index >= 15 is 0 Å². The number of fused-ring (bicyclic) bond motifs is 2. The van der Waals surface area contributed by atoms with E-state index in [0.717, 1.165) is 17.5 Å². The Morgan fingerprint density at radius 1 is 1.23 bits per heavy atom. The predicted octanol–water partition coefficient (Wildman–Crippen LogP) is 2.27. The maximum atomic E-state index is 12.1. The number of aryl methyl sites for hydroxylation is 1. The van der Waals surface area contributed by atoms with Gasteiger partial charge in [0.2, 0.25) is 0 Å². The Balaban J connectivity index is 1.54. The molecule has 5 heteroatoms. The molecule has 0 saturated heterocycles. The van der Waals surface area contributed by atoms with Gasteiger partial charge in [0.15, 0.2) is 0 Å². The molecule has 2 N–H and O–H groups in total. The van der Waals surface area contributed by atoms with E-state index in [1.807, 2.05) is 19.9 Å². The van der Waals surface area contributed by atoms with E-state index in [1.165, 1.54) is 25.7 Å². The van der Waals surface area contributed by atoms with Crippen molar-refractivity contribution >= 4 is 17.6 Å². The summed E-state index contributed by atoms with van der Waals surface area (Å²) in [6, 6.07) is 5.37. The number of hydrogen-bond donors (Lipinski definition) is 2. The first-order chi connectivity index (χ1) is 10.5. The molecule has 0 aliphatic heterocycles. The van der Waals surface area contributed by atoms with Gasteiger partial charge >= 0.3 is 11.8 Å². The molecule has 2 fully saturated rings. The molecular formula is C17H23N3O2. The minimum absolute atomic E-state index is 0.0546. The van der Waals surface area contributed by atoms with Crippen LogP contribution in [0.2, 0.25) is 0 Å². The monoisotopic (exact) mass is 301 g/mol. The average Bonchev–Trinajstić information content (AvgIpc) is 3.09. The third-order valence-corrected chi connectivity index (χ3v) is 5.13. The van der Waals surface area contributed by atoms with Gasteiger partial charge in [-0.05, 0) is 63.0 Å². The van der Waals surface area contributed by atoms with Crippen molar-refractivity contribution in [1.82, 2.24) is 10.3 Å². The molecule has 3 rings (SSSR count). The largest absolute Gasteiger partial charge is 0.345 e. The maximum Gasteiger partial charge on any atom is 0.314 e. The maximum absolute atomic E-state index is 12.1. The molecule has 5 nitrogen and oxygen atoms in total. The summed E-state index contributed by atoms with van der Waals surface area (Å²) in [4.78, 5) is 28.2. The van der Waals surface area contributed by atoms with Crippen molar-refractivity contribution in [2.24, 2.45) is 17.8 Å². The molecule has 0 radical (unpaired) electrons. The Kier molecular flexibility index (Phi) is 4.14. The van der Waals surface area contributed by atoms with Gasteiger partial charge in [0.05, 0.1) is 0 Å². The third-order valence-electron chi connectivity index (χ3n) is 5.13. The molecule has 2 amide bonds. The van der Waals surface area contributed by atoms with E-state index in [0.29, 0.717) is 11.7 Å². The summed E-state index contributed by atoms with van der Waals surface area (Å²) in [5.74, 6) is 1.27. The van der Waals surface area contributed by atoms with Gasteiger partial charge in [-0.2, -0.15) is 0 Å². The van der Waals surface area contributed by atoms with Gasteiger partial charge < -0.3 is 10.6 Å². The van der Waals surface area contributed by atoms with Crippen LogP contribution in [0.5, 0.6) is 0 Å². The second-order valence-corrected chi connectivity index (χ2v) is 6.72. The first kappa shape index (κ1) is 15.0. The highest BCUT2D eigenvalue weighted by atomic mass is 16.2. The van der Waals surface area contributed by atoms with Crippen LogP contribution in [0.3, 0.4) is 0 Å². The number of amides is 2. The van der Waals surface area contributed by atoms with Gasteiger partial charge in [0, 0.05) is 11.7 Å². The second-order valence-electron chi connectivity index (χ2n) is 6.72. The number of nitrogens with one attached hydrogen (secondary N) is 2. The van der Waals surface area contributed by atoms with Gasteiger partial charge in [-0.15, -0.1) is 0 Å². The molecule has 2 bridgehead atoms. The average molecular weight is 301 g/mol. The van der Waals surface area contributed by atoms with Gasteiger partial charge in [0.25, 0.3) is 0 Å². The molecule has 1 aromatic heterocycles. The summed E-state index contributed by atoms with van der Waals surface area (Å²) in [6.45, 7) is 3.86. The van der Waals surface area contributed by atoms with Gasteiger partial charge in [-0.3, -0.25) is 9.59 Å². The van der Waals surface area contributed by atoms with Crippen molar-refractivity contribution in [3.8, 4) is 0 Å². The minimum Gasteiger partial charge on any atom is -0.345 e. The molecule has 4 unspecified atom stereocenters.